The van der Waals surface area contributed by atoms with Crippen LogP contribution in [0.15, 0.2) is 18.2 Å². The average molecular weight is 263 g/mol. The third-order valence-electron chi connectivity index (χ3n) is 3.37. The molecule has 1 N–H and O–H groups in total. The van der Waals surface area contributed by atoms with Crippen LogP contribution >= 0.6 is 0 Å². The summed E-state index contributed by atoms with van der Waals surface area (Å²) in [5.41, 5.74) is 2.52. The molecule has 0 spiro atoms. The van der Waals surface area contributed by atoms with Gasteiger partial charge in [-0.1, -0.05) is 6.07 Å². The molecular weight excluding hydrogens is 238 g/mol. The first kappa shape index (κ1) is 14.2. The number of anilines is 1. The largest absolute Gasteiger partial charge is 0.490 e. The van der Waals surface area contributed by atoms with Gasteiger partial charge in [0.1, 0.15) is 12.4 Å². The average Bonchev–Trinajstić information content (AvgIpc) is 2.41. The Bertz CT molecular complexity index is 400. The van der Waals surface area contributed by atoms with E-state index >= 15 is 0 Å². The van der Waals surface area contributed by atoms with Crippen LogP contribution < -0.4 is 15.0 Å². The van der Waals surface area contributed by atoms with E-state index in [4.69, 9.17) is 4.74 Å². The van der Waals surface area contributed by atoms with E-state index in [-0.39, 0.29) is 0 Å². The third kappa shape index (κ3) is 4.11. The Labute approximate surface area is 116 Å². The number of nitrogens with zero attached hydrogens (tertiary/aromatic N) is 2. The van der Waals surface area contributed by atoms with Gasteiger partial charge in [0.2, 0.25) is 0 Å². The molecule has 0 aromatic heterocycles. The molecule has 1 saturated heterocycles. The highest BCUT2D eigenvalue weighted by Crippen LogP contribution is 2.29. The molecule has 2 rings (SSSR count). The van der Waals surface area contributed by atoms with Gasteiger partial charge in [0.05, 0.1) is 5.69 Å². The van der Waals surface area contributed by atoms with Gasteiger partial charge in [0.15, 0.2) is 0 Å². The zero-order valence-corrected chi connectivity index (χ0v) is 12.3. The molecule has 19 heavy (non-hydrogen) atoms. The normalized spacial score (nSPS) is 15.9. The predicted octanol–water partition coefficient (Wildman–Crippen LogP) is 1.35. The molecule has 1 aromatic carbocycles. The second-order valence-corrected chi connectivity index (χ2v) is 5.36. The number of hydrogen-bond acceptors (Lipinski definition) is 4. The van der Waals surface area contributed by atoms with Crippen molar-refractivity contribution in [2.24, 2.45) is 0 Å². The molecule has 0 saturated carbocycles. The molecular formula is C15H25N3O. The van der Waals surface area contributed by atoms with Crippen LogP contribution in [0.4, 0.5) is 5.69 Å². The SMILES string of the molecule is Cc1ccc(OCCN(C)C)c(N2CCNCC2)c1. The molecule has 1 aliphatic rings. The minimum atomic E-state index is 0.731. The zero-order valence-electron chi connectivity index (χ0n) is 12.3. The summed E-state index contributed by atoms with van der Waals surface area (Å²) >= 11 is 0. The van der Waals surface area contributed by atoms with Crippen molar-refractivity contribution in [1.29, 1.82) is 0 Å². The summed E-state index contributed by atoms with van der Waals surface area (Å²) in [5, 5.41) is 3.39. The maximum atomic E-state index is 5.95. The molecule has 4 nitrogen and oxygen atoms in total. The van der Waals surface area contributed by atoms with E-state index in [0.717, 1.165) is 45.1 Å². The third-order valence-corrected chi connectivity index (χ3v) is 3.37. The monoisotopic (exact) mass is 263 g/mol. The first-order valence-electron chi connectivity index (χ1n) is 7.00. The van der Waals surface area contributed by atoms with Crippen molar-refractivity contribution in [3.8, 4) is 5.75 Å². The standard InChI is InChI=1S/C15H25N3O/c1-13-4-5-15(19-11-10-17(2)3)14(12-13)18-8-6-16-7-9-18/h4-5,12,16H,6-11H2,1-3H3. The lowest BCUT2D eigenvalue weighted by molar-refractivity contribution is 0.261. The topological polar surface area (TPSA) is 27.7 Å². The summed E-state index contributed by atoms with van der Waals surface area (Å²) < 4.78 is 5.95. The Morgan fingerprint density at radius 2 is 2.00 bits per heavy atom. The first-order valence-corrected chi connectivity index (χ1v) is 7.00. The Morgan fingerprint density at radius 1 is 1.26 bits per heavy atom. The number of benzene rings is 1. The lowest BCUT2D eigenvalue weighted by Gasteiger charge is -2.31. The summed E-state index contributed by atoms with van der Waals surface area (Å²) in [6, 6.07) is 6.45. The van der Waals surface area contributed by atoms with Crippen LogP contribution in [-0.2, 0) is 0 Å². The summed E-state index contributed by atoms with van der Waals surface area (Å²) in [7, 11) is 4.13. The van der Waals surface area contributed by atoms with Crippen molar-refractivity contribution in [3.05, 3.63) is 23.8 Å². The highest BCUT2D eigenvalue weighted by molar-refractivity contribution is 5.60. The number of rotatable bonds is 5. The fourth-order valence-corrected chi connectivity index (χ4v) is 2.24. The maximum absolute atomic E-state index is 5.95. The van der Waals surface area contributed by atoms with Crippen LogP contribution in [0, 0.1) is 6.92 Å². The van der Waals surface area contributed by atoms with E-state index < -0.39 is 0 Å². The fourth-order valence-electron chi connectivity index (χ4n) is 2.24. The van der Waals surface area contributed by atoms with Crippen LogP contribution in [0.1, 0.15) is 5.56 Å². The summed E-state index contributed by atoms with van der Waals surface area (Å²) in [6.45, 7) is 8.00. The van der Waals surface area contributed by atoms with Gasteiger partial charge in [0.25, 0.3) is 0 Å². The minimum Gasteiger partial charge on any atom is -0.490 e. The molecule has 0 bridgehead atoms. The molecule has 1 heterocycles. The second-order valence-electron chi connectivity index (χ2n) is 5.36. The van der Waals surface area contributed by atoms with E-state index in [2.05, 4.69) is 54.3 Å². The molecule has 1 aliphatic heterocycles. The van der Waals surface area contributed by atoms with Crippen LogP contribution in [0.25, 0.3) is 0 Å². The van der Waals surface area contributed by atoms with E-state index in [1.54, 1.807) is 0 Å². The minimum absolute atomic E-state index is 0.731. The second kappa shape index (κ2) is 6.78. The van der Waals surface area contributed by atoms with Crippen molar-refractivity contribution in [3.63, 3.8) is 0 Å². The highest BCUT2D eigenvalue weighted by atomic mass is 16.5. The Kier molecular flexibility index (Phi) is 5.05. The van der Waals surface area contributed by atoms with Gasteiger partial charge in [-0.05, 0) is 38.7 Å². The first-order chi connectivity index (χ1) is 9.16. The number of aryl methyl sites for hydroxylation is 1. The van der Waals surface area contributed by atoms with E-state index in [1.165, 1.54) is 11.3 Å². The van der Waals surface area contributed by atoms with Gasteiger partial charge in [0, 0.05) is 32.7 Å². The van der Waals surface area contributed by atoms with Crippen molar-refractivity contribution in [2.75, 3.05) is 58.3 Å². The molecule has 0 atom stereocenters. The van der Waals surface area contributed by atoms with Crippen LogP contribution in [0.2, 0.25) is 0 Å². The van der Waals surface area contributed by atoms with Crippen molar-refractivity contribution < 1.29 is 4.74 Å². The zero-order chi connectivity index (χ0) is 13.7. The molecule has 106 valence electrons. The highest BCUT2D eigenvalue weighted by Gasteiger charge is 2.15. The predicted molar refractivity (Wildman–Crippen MR) is 80.3 cm³/mol. The Balaban J connectivity index is 2.08. The lowest BCUT2D eigenvalue weighted by atomic mass is 10.1. The quantitative estimate of drug-likeness (QED) is 0.868. The lowest BCUT2D eigenvalue weighted by Crippen LogP contribution is -2.43. The number of nitrogens with one attached hydrogen (secondary N) is 1. The number of likely N-dealkylation sites (N-methyl/N-ethyl adjacent to an activating group) is 1. The Morgan fingerprint density at radius 3 is 2.68 bits per heavy atom. The van der Waals surface area contributed by atoms with Gasteiger partial charge in [-0.25, -0.2) is 0 Å². The van der Waals surface area contributed by atoms with E-state index in [9.17, 15) is 0 Å². The molecule has 1 aromatic rings. The molecule has 4 heteroatoms. The summed E-state index contributed by atoms with van der Waals surface area (Å²) in [4.78, 5) is 4.55. The van der Waals surface area contributed by atoms with Crippen LogP contribution in [0.3, 0.4) is 0 Å². The number of hydrogen-bond donors (Lipinski definition) is 1. The van der Waals surface area contributed by atoms with E-state index in [1.807, 2.05) is 0 Å². The van der Waals surface area contributed by atoms with Gasteiger partial charge >= 0.3 is 0 Å². The van der Waals surface area contributed by atoms with Gasteiger partial charge < -0.3 is 19.9 Å². The smallest absolute Gasteiger partial charge is 0.142 e. The molecule has 0 radical (unpaired) electrons. The number of ether oxygens (including phenoxy) is 1. The molecule has 0 amide bonds. The van der Waals surface area contributed by atoms with Crippen LogP contribution in [-0.4, -0.2) is 58.3 Å². The van der Waals surface area contributed by atoms with E-state index in [0.29, 0.717) is 0 Å². The summed E-state index contributed by atoms with van der Waals surface area (Å²) in [5.74, 6) is 1.01. The summed E-state index contributed by atoms with van der Waals surface area (Å²) in [6.07, 6.45) is 0. The Hall–Kier alpha value is -1.26. The fraction of sp³-hybridized carbons (Fsp3) is 0.600. The van der Waals surface area contributed by atoms with Crippen molar-refractivity contribution >= 4 is 5.69 Å². The molecule has 0 aliphatic carbocycles. The maximum Gasteiger partial charge on any atom is 0.142 e. The van der Waals surface area contributed by atoms with Gasteiger partial charge in [-0.3, -0.25) is 0 Å². The van der Waals surface area contributed by atoms with Crippen LogP contribution in [0.5, 0.6) is 5.75 Å². The molecule has 1 fully saturated rings. The van der Waals surface area contributed by atoms with Gasteiger partial charge in [-0.2, -0.15) is 0 Å². The number of piperazine rings is 1. The molecule has 0 unspecified atom stereocenters. The van der Waals surface area contributed by atoms with Crippen molar-refractivity contribution in [2.45, 2.75) is 6.92 Å². The van der Waals surface area contributed by atoms with Gasteiger partial charge in [-0.15, -0.1) is 0 Å². The van der Waals surface area contributed by atoms with Crippen molar-refractivity contribution in [1.82, 2.24) is 10.2 Å².